The smallest absolute Gasteiger partial charge is 0.0476 e. The molecule has 0 spiro atoms. The van der Waals surface area contributed by atoms with Crippen molar-refractivity contribution in [2.24, 2.45) is 0 Å². The summed E-state index contributed by atoms with van der Waals surface area (Å²) in [5, 5.41) is 0. The van der Waals surface area contributed by atoms with E-state index in [-0.39, 0.29) is 0 Å². The monoisotopic (exact) mass is 147 g/mol. The van der Waals surface area contributed by atoms with Crippen molar-refractivity contribution in [3.63, 3.8) is 0 Å². The first kappa shape index (κ1) is 7.99. The molecule has 0 unspecified atom stereocenters. The molecular weight excluding hydrogens is 134 g/mol. The summed E-state index contributed by atoms with van der Waals surface area (Å²) in [6.07, 6.45) is 2.83. The van der Waals surface area contributed by atoms with Gasteiger partial charge in [-0.2, -0.15) is 0 Å². The minimum atomic E-state index is 0.975. The topological polar surface area (TPSA) is 12.9 Å². The van der Waals surface area contributed by atoms with Gasteiger partial charge in [0.05, 0.1) is 0 Å². The van der Waals surface area contributed by atoms with E-state index in [0.717, 1.165) is 23.4 Å². The Hall–Kier alpha value is -1.11. The van der Waals surface area contributed by atoms with E-state index < -0.39 is 0 Å². The Morgan fingerprint density at radius 2 is 2.27 bits per heavy atom. The van der Waals surface area contributed by atoms with Crippen LogP contribution in [0.15, 0.2) is 18.7 Å². The van der Waals surface area contributed by atoms with Crippen LogP contribution >= 0.6 is 0 Å². The van der Waals surface area contributed by atoms with Crippen molar-refractivity contribution in [2.45, 2.75) is 20.3 Å². The van der Waals surface area contributed by atoms with Crippen LogP contribution < -0.4 is 0 Å². The number of rotatable bonds is 2. The minimum absolute atomic E-state index is 0.975. The summed E-state index contributed by atoms with van der Waals surface area (Å²) in [4.78, 5) is 4.39. The van der Waals surface area contributed by atoms with Crippen LogP contribution in [0.4, 0.5) is 0 Å². The summed E-state index contributed by atoms with van der Waals surface area (Å²) in [5.41, 5.74) is 3.37. The molecule has 1 nitrogen and oxygen atoms in total. The third kappa shape index (κ3) is 1.67. The van der Waals surface area contributed by atoms with Gasteiger partial charge in [-0.25, -0.2) is 0 Å². The van der Waals surface area contributed by atoms with Crippen LogP contribution in [0.25, 0.3) is 6.08 Å². The fourth-order valence-electron chi connectivity index (χ4n) is 1.09. The molecule has 0 aliphatic heterocycles. The van der Waals surface area contributed by atoms with Gasteiger partial charge in [0.15, 0.2) is 0 Å². The van der Waals surface area contributed by atoms with Crippen LogP contribution in [0, 0.1) is 6.92 Å². The maximum atomic E-state index is 4.39. The van der Waals surface area contributed by atoms with Crippen molar-refractivity contribution in [3.8, 4) is 0 Å². The molecule has 1 heterocycles. The van der Waals surface area contributed by atoms with Gasteiger partial charge in [-0.3, -0.25) is 4.98 Å². The largest absolute Gasteiger partial charge is 0.258 e. The Kier molecular flexibility index (Phi) is 2.42. The molecule has 1 rings (SSSR count). The van der Waals surface area contributed by atoms with Crippen molar-refractivity contribution in [1.82, 2.24) is 4.98 Å². The molecule has 0 amide bonds. The lowest BCUT2D eigenvalue weighted by atomic mass is 10.1. The van der Waals surface area contributed by atoms with Gasteiger partial charge in [-0.05, 0) is 25.0 Å². The minimum Gasteiger partial charge on any atom is -0.258 e. The van der Waals surface area contributed by atoms with Crippen molar-refractivity contribution < 1.29 is 0 Å². The molecule has 0 fully saturated rings. The molecule has 0 aliphatic rings. The number of nitrogens with zero attached hydrogens (tertiary/aromatic N) is 1. The normalized spacial score (nSPS) is 9.64. The number of aromatic nitrogens is 1. The van der Waals surface area contributed by atoms with Gasteiger partial charge >= 0.3 is 0 Å². The van der Waals surface area contributed by atoms with Crippen LogP contribution in [0.5, 0.6) is 0 Å². The Labute approximate surface area is 67.8 Å². The Morgan fingerprint density at radius 3 is 2.82 bits per heavy atom. The summed E-state index contributed by atoms with van der Waals surface area (Å²) in [6, 6.07) is 4.07. The van der Waals surface area contributed by atoms with Gasteiger partial charge in [0.25, 0.3) is 0 Å². The first-order valence-corrected chi connectivity index (χ1v) is 3.87. The fraction of sp³-hybridized carbons (Fsp3) is 0.300. The van der Waals surface area contributed by atoms with E-state index in [1.165, 1.54) is 0 Å². The van der Waals surface area contributed by atoms with Crippen molar-refractivity contribution in [1.29, 1.82) is 0 Å². The van der Waals surface area contributed by atoms with Gasteiger partial charge in [-0.15, -0.1) is 0 Å². The second-order valence-electron chi connectivity index (χ2n) is 2.55. The number of pyridine rings is 1. The van der Waals surface area contributed by atoms with Crippen LogP contribution in [-0.2, 0) is 6.42 Å². The third-order valence-corrected chi connectivity index (χ3v) is 1.70. The molecule has 0 aromatic carbocycles. The molecule has 1 aromatic rings. The van der Waals surface area contributed by atoms with E-state index in [1.54, 1.807) is 0 Å². The lowest BCUT2D eigenvalue weighted by Gasteiger charge is -2.02. The highest BCUT2D eigenvalue weighted by atomic mass is 14.7. The lowest BCUT2D eigenvalue weighted by Crippen LogP contribution is -1.92. The maximum absolute atomic E-state index is 4.39. The third-order valence-electron chi connectivity index (χ3n) is 1.70. The van der Waals surface area contributed by atoms with Crippen molar-refractivity contribution in [3.05, 3.63) is 35.7 Å². The zero-order valence-corrected chi connectivity index (χ0v) is 7.09. The maximum Gasteiger partial charge on any atom is 0.0476 e. The fourth-order valence-corrected chi connectivity index (χ4v) is 1.09. The average molecular weight is 147 g/mol. The molecule has 0 atom stereocenters. The summed E-state index contributed by atoms with van der Waals surface area (Å²) < 4.78 is 0. The standard InChI is InChI=1S/C10H13N/c1-4-9-7-6-8(3)11-10(9)5-2/h4,6-7H,1,5H2,2-3H3. The Bertz CT molecular complexity index is 264. The summed E-state index contributed by atoms with van der Waals surface area (Å²) >= 11 is 0. The molecule has 0 saturated carbocycles. The number of aryl methyl sites for hydroxylation is 2. The lowest BCUT2D eigenvalue weighted by molar-refractivity contribution is 1.000. The van der Waals surface area contributed by atoms with Gasteiger partial charge in [-0.1, -0.05) is 25.6 Å². The second-order valence-corrected chi connectivity index (χ2v) is 2.55. The first-order valence-electron chi connectivity index (χ1n) is 3.87. The Morgan fingerprint density at radius 1 is 1.55 bits per heavy atom. The average Bonchev–Trinajstić information content (AvgIpc) is 2.04. The summed E-state index contributed by atoms with van der Waals surface area (Å²) in [7, 11) is 0. The molecule has 0 aliphatic carbocycles. The zero-order chi connectivity index (χ0) is 8.27. The SMILES string of the molecule is C=Cc1ccc(C)nc1CC. The number of hydrogen-bond acceptors (Lipinski definition) is 1. The predicted octanol–water partition coefficient (Wildman–Crippen LogP) is 2.60. The highest BCUT2D eigenvalue weighted by Gasteiger charge is 1.97. The van der Waals surface area contributed by atoms with Crippen LogP contribution in [0.1, 0.15) is 23.9 Å². The summed E-state index contributed by atoms with van der Waals surface area (Å²) in [6.45, 7) is 7.84. The molecule has 11 heavy (non-hydrogen) atoms. The predicted molar refractivity (Wildman–Crippen MR) is 48.4 cm³/mol. The van der Waals surface area contributed by atoms with Crippen LogP contribution in [0.2, 0.25) is 0 Å². The molecule has 0 radical (unpaired) electrons. The quantitative estimate of drug-likeness (QED) is 0.626. The van der Waals surface area contributed by atoms with E-state index in [9.17, 15) is 0 Å². The molecule has 1 heteroatoms. The Balaban J connectivity index is 3.16. The van der Waals surface area contributed by atoms with E-state index in [4.69, 9.17) is 0 Å². The van der Waals surface area contributed by atoms with Gasteiger partial charge < -0.3 is 0 Å². The van der Waals surface area contributed by atoms with Gasteiger partial charge in [0.2, 0.25) is 0 Å². The molecule has 0 saturated heterocycles. The van der Waals surface area contributed by atoms with E-state index >= 15 is 0 Å². The highest BCUT2D eigenvalue weighted by Crippen LogP contribution is 2.08. The molecule has 58 valence electrons. The summed E-state index contributed by atoms with van der Waals surface area (Å²) in [5.74, 6) is 0. The highest BCUT2D eigenvalue weighted by molar-refractivity contribution is 5.49. The number of hydrogen-bond donors (Lipinski definition) is 0. The van der Waals surface area contributed by atoms with Gasteiger partial charge in [0, 0.05) is 11.4 Å². The molecular formula is C10H13N. The first-order chi connectivity index (χ1) is 5.27. The van der Waals surface area contributed by atoms with E-state index in [1.807, 2.05) is 19.1 Å². The van der Waals surface area contributed by atoms with Crippen LogP contribution in [-0.4, -0.2) is 4.98 Å². The van der Waals surface area contributed by atoms with Crippen molar-refractivity contribution >= 4 is 6.08 Å². The molecule has 0 bridgehead atoms. The van der Waals surface area contributed by atoms with E-state index in [0.29, 0.717) is 0 Å². The van der Waals surface area contributed by atoms with Crippen LogP contribution in [0.3, 0.4) is 0 Å². The van der Waals surface area contributed by atoms with Gasteiger partial charge in [0.1, 0.15) is 0 Å². The second kappa shape index (κ2) is 3.33. The van der Waals surface area contributed by atoms with E-state index in [2.05, 4.69) is 24.6 Å². The molecule has 0 N–H and O–H groups in total. The zero-order valence-electron chi connectivity index (χ0n) is 7.09. The molecule has 1 aromatic heterocycles. The van der Waals surface area contributed by atoms with Crippen molar-refractivity contribution in [2.75, 3.05) is 0 Å².